The zero-order valence-corrected chi connectivity index (χ0v) is 6.87. The highest BCUT2D eigenvalue weighted by Crippen LogP contribution is 1.97. The summed E-state index contributed by atoms with van der Waals surface area (Å²) in [5, 5.41) is 8.25. The first-order valence-electron chi connectivity index (χ1n) is 3.52. The van der Waals surface area contributed by atoms with Gasteiger partial charge in [-0.1, -0.05) is 0 Å². The van der Waals surface area contributed by atoms with Crippen LogP contribution in [0.25, 0.3) is 0 Å². The van der Waals surface area contributed by atoms with Gasteiger partial charge in [0.2, 0.25) is 0 Å². The summed E-state index contributed by atoms with van der Waals surface area (Å²) in [6.07, 6.45) is 0.334. The van der Waals surface area contributed by atoms with Crippen molar-refractivity contribution in [2.75, 3.05) is 6.54 Å². The van der Waals surface area contributed by atoms with Crippen molar-refractivity contribution in [3.05, 3.63) is 0 Å². The number of nitriles is 1. The van der Waals surface area contributed by atoms with E-state index in [1.54, 1.807) is 0 Å². The summed E-state index contributed by atoms with van der Waals surface area (Å²) in [6, 6.07) is 1.57. The van der Waals surface area contributed by atoms with E-state index in [0.717, 1.165) is 0 Å². The molecule has 0 aromatic carbocycles. The normalized spacial score (nSPS) is 9.27. The van der Waals surface area contributed by atoms with Crippen LogP contribution in [0, 0.1) is 11.3 Å². The van der Waals surface area contributed by atoms with Crippen LogP contribution in [0.2, 0.25) is 0 Å². The van der Waals surface area contributed by atoms with E-state index in [1.807, 2.05) is 19.9 Å². The minimum Gasteiger partial charge on any atom is -0.351 e. The van der Waals surface area contributed by atoms with Crippen molar-refractivity contribution >= 4 is 6.03 Å². The molecule has 0 rings (SSSR count). The van der Waals surface area contributed by atoms with Gasteiger partial charge < -0.3 is 10.6 Å². The molecule has 0 bridgehead atoms. The third kappa shape index (κ3) is 3.46. The second-order valence-electron chi connectivity index (χ2n) is 2.53. The van der Waals surface area contributed by atoms with Crippen LogP contribution in [0.1, 0.15) is 20.3 Å². The number of carbonyl (C=O) groups excluding carboxylic acids is 1. The topological polar surface area (TPSA) is 70.1 Å². The van der Waals surface area contributed by atoms with Gasteiger partial charge in [0, 0.05) is 12.6 Å². The number of hydrogen-bond donors (Lipinski definition) is 1. The highest BCUT2D eigenvalue weighted by molar-refractivity contribution is 5.72. The zero-order valence-electron chi connectivity index (χ0n) is 6.87. The van der Waals surface area contributed by atoms with Gasteiger partial charge in [0.25, 0.3) is 0 Å². The predicted octanol–water partition coefficient (Wildman–Crippen LogP) is 0.689. The number of carbonyl (C=O) groups is 1. The van der Waals surface area contributed by atoms with E-state index >= 15 is 0 Å². The first kappa shape index (κ1) is 9.76. The van der Waals surface area contributed by atoms with Crippen LogP contribution < -0.4 is 5.73 Å². The lowest BCUT2D eigenvalue weighted by Gasteiger charge is -2.22. The van der Waals surface area contributed by atoms with E-state index in [2.05, 4.69) is 0 Å². The van der Waals surface area contributed by atoms with E-state index in [-0.39, 0.29) is 6.04 Å². The van der Waals surface area contributed by atoms with Crippen LogP contribution in [-0.2, 0) is 0 Å². The molecule has 0 aliphatic heterocycles. The molecule has 0 spiro atoms. The fraction of sp³-hybridized carbons (Fsp3) is 0.714. The SMILES string of the molecule is CC(C)N(CCC#N)C(N)=O. The molecule has 11 heavy (non-hydrogen) atoms. The third-order valence-electron chi connectivity index (χ3n) is 1.37. The number of nitrogens with two attached hydrogens (primary N) is 1. The molecule has 0 saturated carbocycles. The second kappa shape index (κ2) is 4.56. The second-order valence-corrected chi connectivity index (χ2v) is 2.53. The van der Waals surface area contributed by atoms with Crippen molar-refractivity contribution in [1.29, 1.82) is 5.26 Å². The summed E-state index contributed by atoms with van der Waals surface area (Å²) < 4.78 is 0. The molecule has 0 aromatic rings. The van der Waals surface area contributed by atoms with Gasteiger partial charge in [-0.2, -0.15) is 5.26 Å². The van der Waals surface area contributed by atoms with Crippen molar-refractivity contribution in [3.8, 4) is 6.07 Å². The summed E-state index contributed by atoms with van der Waals surface area (Å²) in [4.78, 5) is 12.1. The highest BCUT2D eigenvalue weighted by Gasteiger charge is 2.11. The van der Waals surface area contributed by atoms with Crippen LogP contribution in [0.15, 0.2) is 0 Å². The van der Waals surface area contributed by atoms with E-state index in [9.17, 15) is 4.79 Å². The van der Waals surface area contributed by atoms with E-state index in [4.69, 9.17) is 11.0 Å². The van der Waals surface area contributed by atoms with Gasteiger partial charge >= 0.3 is 6.03 Å². The maximum absolute atomic E-state index is 10.7. The molecule has 0 aliphatic carbocycles. The summed E-state index contributed by atoms with van der Waals surface area (Å²) in [5.41, 5.74) is 5.06. The first-order chi connectivity index (χ1) is 5.09. The minimum atomic E-state index is -0.463. The molecule has 2 N–H and O–H groups in total. The fourth-order valence-corrected chi connectivity index (χ4v) is 0.793. The van der Waals surface area contributed by atoms with Gasteiger partial charge in [0.15, 0.2) is 0 Å². The van der Waals surface area contributed by atoms with E-state index in [0.29, 0.717) is 13.0 Å². The molecule has 0 fully saturated rings. The molecular formula is C7H13N3O. The molecule has 4 nitrogen and oxygen atoms in total. The Balaban J connectivity index is 3.92. The number of nitrogens with zero attached hydrogens (tertiary/aromatic N) is 2. The maximum atomic E-state index is 10.7. The Hall–Kier alpha value is -1.24. The van der Waals surface area contributed by atoms with Crippen LogP contribution in [0.3, 0.4) is 0 Å². The summed E-state index contributed by atoms with van der Waals surface area (Å²) in [5.74, 6) is 0. The highest BCUT2D eigenvalue weighted by atomic mass is 16.2. The molecule has 0 aliphatic rings. The monoisotopic (exact) mass is 155 g/mol. The van der Waals surface area contributed by atoms with E-state index < -0.39 is 6.03 Å². The largest absolute Gasteiger partial charge is 0.351 e. The van der Waals surface area contributed by atoms with Gasteiger partial charge in [-0.3, -0.25) is 0 Å². The van der Waals surface area contributed by atoms with Crippen LogP contribution in [0.4, 0.5) is 4.79 Å². The quantitative estimate of drug-likeness (QED) is 0.651. The molecule has 0 saturated heterocycles. The average molecular weight is 155 g/mol. The van der Waals surface area contributed by atoms with Gasteiger partial charge in [-0.15, -0.1) is 0 Å². The number of urea groups is 1. The summed E-state index contributed by atoms with van der Waals surface area (Å²) in [6.45, 7) is 4.15. The van der Waals surface area contributed by atoms with Crippen LogP contribution >= 0.6 is 0 Å². The van der Waals surface area contributed by atoms with Crippen LogP contribution in [-0.4, -0.2) is 23.5 Å². The number of primary amides is 1. The Labute approximate surface area is 66.6 Å². The maximum Gasteiger partial charge on any atom is 0.315 e. The van der Waals surface area contributed by atoms with Crippen LogP contribution in [0.5, 0.6) is 0 Å². The molecule has 0 atom stereocenters. The third-order valence-corrected chi connectivity index (χ3v) is 1.37. The summed E-state index contributed by atoms with van der Waals surface area (Å²) in [7, 11) is 0. The fourth-order valence-electron chi connectivity index (χ4n) is 0.793. The van der Waals surface area contributed by atoms with Crippen molar-refractivity contribution < 1.29 is 4.79 Å². The van der Waals surface area contributed by atoms with E-state index in [1.165, 1.54) is 4.90 Å². The Bertz CT molecular complexity index is 171. The Morgan fingerprint density at radius 2 is 2.27 bits per heavy atom. The van der Waals surface area contributed by atoms with Crippen molar-refractivity contribution in [3.63, 3.8) is 0 Å². The molecular weight excluding hydrogens is 142 g/mol. The lowest BCUT2D eigenvalue weighted by Crippen LogP contribution is -2.41. The lowest BCUT2D eigenvalue weighted by atomic mass is 10.3. The van der Waals surface area contributed by atoms with Crippen molar-refractivity contribution in [1.82, 2.24) is 4.90 Å². The standard InChI is InChI=1S/C7H13N3O/c1-6(2)10(7(9)11)5-3-4-8/h6H,3,5H2,1-2H3,(H2,9,11). The molecule has 0 aromatic heterocycles. The average Bonchev–Trinajstić information content (AvgIpc) is 1.87. The molecule has 4 heteroatoms. The molecule has 0 unspecified atom stereocenters. The number of amides is 2. The molecule has 0 heterocycles. The Kier molecular flexibility index (Phi) is 4.04. The predicted molar refractivity (Wildman–Crippen MR) is 41.7 cm³/mol. The Morgan fingerprint density at radius 3 is 2.55 bits per heavy atom. The lowest BCUT2D eigenvalue weighted by molar-refractivity contribution is 0.194. The smallest absolute Gasteiger partial charge is 0.315 e. The first-order valence-corrected chi connectivity index (χ1v) is 3.52. The number of hydrogen-bond acceptors (Lipinski definition) is 2. The molecule has 0 radical (unpaired) electrons. The van der Waals surface area contributed by atoms with Crippen molar-refractivity contribution in [2.24, 2.45) is 5.73 Å². The number of rotatable bonds is 3. The zero-order chi connectivity index (χ0) is 8.85. The van der Waals surface area contributed by atoms with Gasteiger partial charge in [-0.05, 0) is 13.8 Å². The van der Waals surface area contributed by atoms with Gasteiger partial charge in [0.1, 0.15) is 0 Å². The van der Waals surface area contributed by atoms with Gasteiger partial charge in [0.05, 0.1) is 12.5 Å². The Morgan fingerprint density at radius 1 is 1.73 bits per heavy atom. The molecule has 62 valence electrons. The van der Waals surface area contributed by atoms with Crippen molar-refractivity contribution in [2.45, 2.75) is 26.3 Å². The summed E-state index contributed by atoms with van der Waals surface area (Å²) >= 11 is 0. The molecule has 2 amide bonds. The minimum absolute atomic E-state index is 0.0702. The van der Waals surface area contributed by atoms with Gasteiger partial charge in [-0.25, -0.2) is 4.79 Å².